The molecule has 0 spiro atoms. The van der Waals surface area contributed by atoms with Crippen molar-refractivity contribution in [3.05, 3.63) is 65.7 Å². The molecule has 0 radical (unpaired) electrons. The summed E-state index contributed by atoms with van der Waals surface area (Å²) in [5.41, 5.74) is 7.42. The molecule has 1 heterocycles. The van der Waals surface area contributed by atoms with Gasteiger partial charge in [0.05, 0.1) is 6.54 Å². The van der Waals surface area contributed by atoms with Crippen molar-refractivity contribution in [3.63, 3.8) is 0 Å². The zero-order valence-corrected chi connectivity index (χ0v) is 16.1. The lowest BCUT2D eigenvalue weighted by Gasteiger charge is -2.31. The van der Waals surface area contributed by atoms with E-state index in [1.165, 1.54) is 5.56 Å². The number of piperidine rings is 1. The van der Waals surface area contributed by atoms with Crippen LogP contribution in [-0.2, 0) is 11.3 Å². The molecule has 6 nitrogen and oxygen atoms in total. The van der Waals surface area contributed by atoms with Gasteiger partial charge in [0.15, 0.2) is 0 Å². The first-order valence-corrected chi connectivity index (χ1v) is 9.73. The first-order valence-electron chi connectivity index (χ1n) is 9.73. The average Bonchev–Trinajstić information content (AvgIpc) is 2.72. The summed E-state index contributed by atoms with van der Waals surface area (Å²) in [6, 6.07) is 17.6. The van der Waals surface area contributed by atoms with E-state index in [4.69, 9.17) is 15.9 Å². The van der Waals surface area contributed by atoms with Crippen molar-refractivity contribution in [2.45, 2.75) is 19.4 Å². The lowest BCUT2D eigenvalue weighted by Crippen LogP contribution is -2.41. The predicted octanol–water partition coefficient (Wildman–Crippen LogP) is 2.38. The first-order chi connectivity index (χ1) is 13.6. The summed E-state index contributed by atoms with van der Waals surface area (Å²) in [6.45, 7) is 3.69. The van der Waals surface area contributed by atoms with Gasteiger partial charge in [-0.05, 0) is 43.6 Å². The van der Waals surface area contributed by atoms with Crippen molar-refractivity contribution in [1.82, 2.24) is 10.2 Å². The van der Waals surface area contributed by atoms with E-state index < -0.39 is 0 Å². The fourth-order valence-corrected chi connectivity index (χ4v) is 3.44. The number of nitrogens with one attached hydrogen (secondary N) is 2. The molecule has 3 rings (SSSR count). The Morgan fingerprint density at radius 2 is 1.89 bits per heavy atom. The van der Waals surface area contributed by atoms with E-state index in [1.807, 2.05) is 12.1 Å². The molecule has 1 fully saturated rings. The summed E-state index contributed by atoms with van der Waals surface area (Å²) < 4.78 is 5.64. The minimum Gasteiger partial charge on any atom is -0.492 e. The van der Waals surface area contributed by atoms with Crippen LogP contribution in [0, 0.1) is 11.3 Å². The van der Waals surface area contributed by atoms with Crippen molar-refractivity contribution < 1.29 is 9.53 Å². The van der Waals surface area contributed by atoms with Crippen molar-refractivity contribution in [2.75, 3.05) is 26.2 Å². The molecule has 1 amide bonds. The SMILES string of the molecule is N=C(N)c1cccc(OCCNC(=O)C2CCN(Cc3ccccc3)CC2)c1. The number of carbonyl (C=O) groups excluding carboxylic acids is 1. The second-order valence-corrected chi connectivity index (χ2v) is 7.12. The number of ether oxygens (including phenoxy) is 1. The smallest absolute Gasteiger partial charge is 0.223 e. The van der Waals surface area contributed by atoms with Crippen molar-refractivity contribution in [3.8, 4) is 5.75 Å². The van der Waals surface area contributed by atoms with Gasteiger partial charge >= 0.3 is 0 Å². The van der Waals surface area contributed by atoms with E-state index >= 15 is 0 Å². The maximum atomic E-state index is 12.4. The minimum absolute atomic E-state index is 0.0114. The zero-order chi connectivity index (χ0) is 19.8. The summed E-state index contributed by atoms with van der Waals surface area (Å²) in [6.07, 6.45) is 1.78. The highest BCUT2D eigenvalue weighted by atomic mass is 16.5. The van der Waals surface area contributed by atoms with Crippen molar-refractivity contribution in [2.24, 2.45) is 11.7 Å². The normalized spacial score (nSPS) is 15.1. The summed E-state index contributed by atoms with van der Waals surface area (Å²) in [5, 5.41) is 10.4. The van der Waals surface area contributed by atoms with Crippen LogP contribution in [0.5, 0.6) is 5.75 Å². The number of carbonyl (C=O) groups is 1. The summed E-state index contributed by atoms with van der Waals surface area (Å²) >= 11 is 0. The standard InChI is InChI=1S/C22H28N4O2/c23-21(24)19-7-4-8-20(15-19)28-14-11-25-22(27)18-9-12-26(13-10-18)16-17-5-2-1-3-6-17/h1-8,15,18H,9-14,16H2,(H3,23,24)(H,25,27). The molecular formula is C22H28N4O2. The Bertz CT molecular complexity index is 786. The van der Waals surface area contributed by atoms with Crippen LogP contribution in [0.15, 0.2) is 54.6 Å². The molecule has 4 N–H and O–H groups in total. The molecule has 1 aliphatic rings. The molecule has 1 aliphatic heterocycles. The highest BCUT2D eigenvalue weighted by molar-refractivity contribution is 5.95. The van der Waals surface area contributed by atoms with Gasteiger partial charge in [-0.25, -0.2) is 0 Å². The van der Waals surface area contributed by atoms with Crippen LogP contribution < -0.4 is 15.8 Å². The Kier molecular flexibility index (Phi) is 7.03. The number of nitrogen functional groups attached to an aromatic ring is 1. The van der Waals surface area contributed by atoms with Crippen LogP contribution in [0.3, 0.4) is 0 Å². The molecule has 0 bridgehead atoms. The fourth-order valence-electron chi connectivity index (χ4n) is 3.44. The highest BCUT2D eigenvalue weighted by Crippen LogP contribution is 2.19. The molecule has 2 aromatic carbocycles. The quantitative estimate of drug-likeness (QED) is 0.372. The molecule has 0 aliphatic carbocycles. The molecule has 1 saturated heterocycles. The molecule has 0 saturated carbocycles. The fraction of sp³-hybridized carbons (Fsp3) is 0.364. The van der Waals surface area contributed by atoms with Crippen molar-refractivity contribution in [1.29, 1.82) is 5.41 Å². The van der Waals surface area contributed by atoms with E-state index in [2.05, 4.69) is 34.5 Å². The second kappa shape index (κ2) is 9.90. The van der Waals surface area contributed by atoms with Gasteiger partial charge in [-0.15, -0.1) is 0 Å². The zero-order valence-electron chi connectivity index (χ0n) is 16.1. The predicted molar refractivity (Wildman–Crippen MR) is 110 cm³/mol. The van der Waals surface area contributed by atoms with Crippen LogP contribution >= 0.6 is 0 Å². The van der Waals surface area contributed by atoms with Crippen LogP contribution in [0.1, 0.15) is 24.0 Å². The molecule has 0 unspecified atom stereocenters. The van der Waals surface area contributed by atoms with Gasteiger partial charge in [-0.1, -0.05) is 42.5 Å². The van der Waals surface area contributed by atoms with Gasteiger partial charge in [-0.2, -0.15) is 0 Å². The second-order valence-electron chi connectivity index (χ2n) is 7.12. The number of hydrogen-bond donors (Lipinski definition) is 3. The number of likely N-dealkylation sites (tertiary alicyclic amines) is 1. The molecule has 6 heteroatoms. The number of benzene rings is 2. The highest BCUT2D eigenvalue weighted by Gasteiger charge is 2.24. The number of amides is 1. The number of nitrogens with two attached hydrogens (primary N) is 1. The van der Waals surface area contributed by atoms with E-state index in [0.717, 1.165) is 32.5 Å². The van der Waals surface area contributed by atoms with Crippen LogP contribution in [-0.4, -0.2) is 42.9 Å². The third kappa shape index (κ3) is 5.82. The topological polar surface area (TPSA) is 91.4 Å². The maximum Gasteiger partial charge on any atom is 0.223 e. The Labute approximate surface area is 166 Å². The van der Waals surface area contributed by atoms with E-state index in [1.54, 1.807) is 18.2 Å². The molecule has 28 heavy (non-hydrogen) atoms. The number of rotatable bonds is 8. The van der Waals surface area contributed by atoms with E-state index in [9.17, 15) is 4.79 Å². The number of amidine groups is 1. The Morgan fingerprint density at radius 3 is 2.61 bits per heavy atom. The van der Waals surface area contributed by atoms with Crippen LogP contribution in [0.2, 0.25) is 0 Å². The molecule has 2 aromatic rings. The van der Waals surface area contributed by atoms with Gasteiger partial charge < -0.3 is 15.8 Å². The molecule has 148 valence electrons. The lowest BCUT2D eigenvalue weighted by molar-refractivity contribution is -0.126. The van der Waals surface area contributed by atoms with Gasteiger partial charge in [-0.3, -0.25) is 15.1 Å². The van der Waals surface area contributed by atoms with E-state index in [0.29, 0.717) is 24.5 Å². The lowest BCUT2D eigenvalue weighted by atomic mass is 9.95. The molecule has 0 aromatic heterocycles. The van der Waals surface area contributed by atoms with E-state index in [-0.39, 0.29) is 17.7 Å². The average molecular weight is 380 g/mol. The van der Waals surface area contributed by atoms with Gasteiger partial charge in [0, 0.05) is 18.0 Å². The van der Waals surface area contributed by atoms with Crippen molar-refractivity contribution >= 4 is 11.7 Å². The Hall–Kier alpha value is -2.86. The van der Waals surface area contributed by atoms with Crippen LogP contribution in [0.25, 0.3) is 0 Å². The maximum absolute atomic E-state index is 12.4. The number of hydrogen-bond acceptors (Lipinski definition) is 4. The summed E-state index contributed by atoms with van der Waals surface area (Å²) in [4.78, 5) is 14.8. The third-order valence-corrected chi connectivity index (χ3v) is 5.02. The summed E-state index contributed by atoms with van der Waals surface area (Å²) in [7, 11) is 0. The van der Waals surface area contributed by atoms with Crippen LogP contribution in [0.4, 0.5) is 0 Å². The first kappa shape index (κ1) is 19.9. The van der Waals surface area contributed by atoms with Gasteiger partial charge in [0.25, 0.3) is 0 Å². The summed E-state index contributed by atoms with van der Waals surface area (Å²) in [5.74, 6) is 0.849. The Balaban J connectivity index is 1.34. The van der Waals surface area contributed by atoms with Gasteiger partial charge in [0.1, 0.15) is 18.2 Å². The number of nitrogens with zero attached hydrogens (tertiary/aromatic N) is 1. The Morgan fingerprint density at radius 1 is 1.14 bits per heavy atom. The minimum atomic E-state index is 0.0114. The molecular weight excluding hydrogens is 352 g/mol. The monoisotopic (exact) mass is 380 g/mol. The largest absolute Gasteiger partial charge is 0.492 e. The molecule has 0 atom stereocenters. The van der Waals surface area contributed by atoms with Gasteiger partial charge in [0.2, 0.25) is 5.91 Å². The third-order valence-electron chi connectivity index (χ3n) is 5.02.